The molecule has 0 bridgehead atoms. The molecule has 1 aromatic carbocycles. The summed E-state index contributed by atoms with van der Waals surface area (Å²) in [5, 5.41) is 3.44. The number of hydrogen-bond donors (Lipinski definition) is 1. The maximum atomic E-state index is 5.24. The van der Waals surface area contributed by atoms with Crippen molar-refractivity contribution in [1.82, 2.24) is 5.32 Å². The van der Waals surface area contributed by atoms with Crippen molar-refractivity contribution in [3.05, 3.63) is 34.9 Å². The number of ether oxygens (including phenoxy) is 1. The van der Waals surface area contributed by atoms with Crippen LogP contribution in [0.2, 0.25) is 0 Å². The van der Waals surface area contributed by atoms with Crippen LogP contribution in [0.4, 0.5) is 0 Å². The van der Waals surface area contributed by atoms with Gasteiger partial charge in [-0.1, -0.05) is 25.1 Å². The minimum absolute atomic E-state index is 0.305. The van der Waals surface area contributed by atoms with Gasteiger partial charge in [0.15, 0.2) is 0 Å². The van der Waals surface area contributed by atoms with Gasteiger partial charge < -0.3 is 10.1 Å². The van der Waals surface area contributed by atoms with Crippen LogP contribution in [0, 0.1) is 13.8 Å². The minimum atomic E-state index is 0.305. The van der Waals surface area contributed by atoms with Crippen molar-refractivity contribution in [2.75, 3.05) is 20.3 Å². The van der Waals surface area contributed by atoms with Gasteiger partial charge in [-0.05, 0) is 37.1 Å². The van der Waals surface area contributed by atoms with Crippen LogP contribution in [0.1, 0.15) is 29.7 Å². The van der Waals surface area contributed by atoms with Crippen LogP contribution in [-0.2, 0) is 4.74 Å². The summed E-state index contributed by atoms with van der Waals surface area (Å²) >= 11 is 0. The summed E-state index contributed by atoms with van der Waals surface area (Å²) in [6, 6.07) is 6.74. The maximum Gasteiger partial charge on any atom is 0.0657 e. The van der Waals surface area contributed by atoms with Crippen LogP contribution in [0.3, 0.4) is 0 Å². The van der Waals surface area contributed by atoms with E-state index in [0.29, 0.717) is 6.04 Å². The van der Waals surface area contributed by atoms with Crippen molar-refractivity contribution in [2.24, 2.45) is 0 Å². The van der Waals surface area contributed by atoms with Gasteiger partial charge in [0.05, 0.1) is 12.6 Å². The summed E-state index contributed by atoms with van der Waals surface area (Å²) < 4.78 is 5.24. The summed E-state index contributed by atoms with van der Waals surface area (Å²) in [5.74, 6) is 0. The van der Waals surface area contributed by atoms with Gasteiger partial charge >= 0.3 is 0 Å². The maximum absolute atomic E-state index is 5.24. The Morgan fingerprint density at radius 2 is 2.07 bits per heavy atom. The van der Waals surface area contributed by atoms with Crippen LogP contribution in [0.15, 0.2) is 18.2 Å². The molecule has 0 amide bonds. The molecule has 1 aromatic rings. The van der Waals surface area contributed by atoms with Crippen LogP contribution in [-0.4, -0.2) is 20.3 Å². The second-order valence-electron chi connectivity index (χ2n) is 3.85. The van der Waals surface area contributed by atoms with E-state index >= 15 is 0 Å². The van der Waals surface area contributed by atoms with Crippen molar-refractivity contribution in [3.63, 3.8) is 0 Å². The molecular weight excluding hydrogens is 186 g/mol. The van der Waals surface area contributed by atoms with Crippen molar-refractivity contribution in [1.29, 1.82) is 0 Å². The molecule has 1 N–H and O–H groups in total. The van der Waals surface area contributed by atoms with Crippen molar-refractivity contribution in [3.8, 4) is 0 Å². The molecular formula is C13H21NO. The predicted octanol–water partition coefficient (Wildman–Crippen LogP) is 2.60. The van der Waals surface area contributed by atoms with Crippen molar-refractivity contribution in [2.45, 2.75) is 26.8 Å². The molecule has 0 fully saturated rings. The van der Waals surface area contributed by atoms with Crippen molar-refractivity contribution >= 4 is 0 Å². The number of aryl methyl sites for hydroxylation is 1. The van der Waals surface area contributed by atoms with Gasteiger partial charge in [-0.3, -0.25) is 0 Å². The lowest BCUT2D eigenvalue weighted by atomic mass is 9.98. The molecule has 84 valence electrons. The Morgan fingerprint density at radius 3 is 2.67 bits per heavy atom. The predicted molar refractivity (Wildman–Crippen MR) is 64.2 cm³/mol. The molecule has 0 aromatic heterocycles. The molecule has 0 aliphatic carbocycles. The minimum Gasteiger partial charge on any atom is -0.383 e. The van der Waals surface area contributed by atoms with Gasteiger partial charge in [0.25, 0.3) is 0 Å². The molecule has 0 heterocycles. The van der Waals surface area contributed by atoms with E-state index in [2.05, 4.69) is 44.3 Å². The molecule has 15 heavy (non-hydrogen) atoms. The summed E-state index contributed by atoms with van der Waals surface area (Å²) in [4.78, 5) is 0. The van der Waals surface area contributed by atoms with Gasteiger partial charge in [-0.15, -0.1) is 0 Å². The number of hydrogen-bond acceptors (Lipinski definition) is 2. The zero-order chi connectivity index (χ0) is 11.3. The van der Waals surface area contributed by atoms with E-state index in [1.165, 1.54) is 16.7 Å². The Morgan fingerprint density at radius 1 is 1.33 bits per heavy atom. The molecule has 1 rings (SSSR count). The van der Waals surface area contributed by atoms with Crippen LogP contribution < -0.4 is 5.32 Å². The highest BCUT2D eigenvalue weighted by molar-refractivity contribution is 5.35. The van der Waals surface area contributed by atoms with E-state index in [1.807, 2.05) is 0 Å². The monoisotopic (exact) mass is 207 g/mol. The van der Waals surface area contributed by atoms with Crippen molar-refractivity contribution < 1.29 is 4.74 Å². The smallest absolute Gasteiger partial charge is 0.0657 e. The lowest BCUT2D eigenvalue weighted by Crippen LogP contribution is -2.25. The van der Waals surface area contributed by atoms with Crippen LogP contribution in [0.5, 0.6) is 0 Å². The first-order valence-corrected chi connectivity index (χ1v) is 5.49. The lowest BCUT2D eigenvalue weighted by Gasteiger charge is -2.20. The Bertz CT molecular complexity index is 303. The zero-order valence-electron chi connectivity index (χ0n) is 10.1. The third-order valence-corrected chi connectivity index (χ3v) is 2.81. The summed E-state index contributed by atoms with van der Waals surface area (Å²) in [5.41, 5.74) is 4.05. The summed E-state index contributed by atoms with van der Waals surface area (Å²) in [6.45, 7) is 8.12. The number of benzene rings is 1. The summed E-state index contributed by atoms with van der Waals surface area (Å²) in [7, 11) is 1.75. The third-order valence-electron chi connectivity index (χ3n) is 2.81. The van der Waals surface area contributed by atoms with Gasteiger partial charge in [0, 0.05) is 7.11 Å². The van der Waals surface area contributed by atoms with Gasteiger partial charge in [-0.25, -0.2) is 0 Å². The Labute approximate surface area is 92.6 Å². The number of likely N-dealkylation sites (N-methyl/N-ethyl adjacent to an activating group) is 1. The molecule has 2 nitrogen and oxygen atoms in total. The molecule has 0 radical (unpaired) electrons. The van der Waals surface area contributed by atoms with Gasteiger partial charge in [0.2, 0.25) is 0 Å². The normalized spacial score (nSPS) is 12.8. The molecule has 0 saturated carbocycles. The molecule has 0 spiro atoms. The largest absolute Gasteiger partial charge is 0.383 e. The fraction of sp³-hybridized carbons (Fsp3) is 0.538. The quantitative estimate of drug-likeness (QED) is 0.801. The molecule has 0 aliphatic rings. The van der Waals surface area contributed by atoms with Gasteiger partial charge in [0.1, 0.15) is 0 Å². The average Bonchev–Trinajstić information content (AvgIpc) is 2.22. The third kappa shape index (κ3) is 3.05. The van der Waals surface area contributed by atoms with Gasteiger partial charge in [-0.2, -0.15) is 0 Å². The molecule has 2 heteroatoms. The molecule has 1 unspecified atom stereocenters. The highest BCUT2D eigenvalue weighted by Crippen LogP contribution is 2.20. The molecule has 1 atom stereocenters. The average molecular weight is 207 g/mol. The van der Waals surface area contributed by atoms with Crippen LogP contribution >= 0.6 is 0 Å². The number of rotatable bonds is 5. The van der Waals surface area contributed by atoms with Crippen LogP contribution in [0.25, 0.3) is 0 Å². The van der Waals surface area contributed by atoms with E-state index in [1.54, 1.807) is 7.11 Å². The van der Waals surface area contributed by atoms with E-state index in [-0.39, 0.29) is 0 Å². The Balaban J connectivity index is 2.94. The highest BCUT2D eigenvalue weighted by Gasteiger charge is 2.12. The first-order valence-electron chi connectivity index (χ1n) is 5.49. The molecule has 0 aliphatic heterocycles. The first-order chi connectivity index (χ1) is 7.20. The first kappa shape index (κ1) is 12.2. The number of nitrogens with one attached hydrogen (secondary N) is 1. The second-order valence-corrected chi connectivity index (χ2v) is 3.85. The Kier molecular flexibility index (Phi) is 4.79. The standard InChI is InChI=1S/C13H21NO/c1-5-14-13(9-15-4)12-8-6-7-10(2)11(12)3/h6-8,13-14H,5,9H2,1-4H3. The number of methoxy groups -OCH3 is 1. The fourth-order valence-electron chi connectivity index (χ4n) is 1.82. The van der Waals surface area contributed by atoms with E-state index in [4.69, 9.17) is 4.74 Å². The topological polar surface area (TPSA) is 21.3 Å². The zero-order valence-corrected chi connectivity index (χ0v) is 10.1. The van der Waals surface area contributed by atoms with E-state index in [9.17, 15) is 0 Å². The van der Waals surface area contributed by atoms with E-state index in [0.717, 1.165) is 13.2 Å². The summed E-state index contributed by atoms with van der Waals surface area (Å²) in [6.07, 6.45) is 0. The Hall–Kier alpha value is -0.860. The van der Waals surface area contributed by atoms with E-state index < -0.39 is 0 Å². The molecule has 0 saturated heterocycles. The SMILES string of the molecule is CCNC(COC)c1cccc(C)c1C. The highest BCUT2D eigenvalue weighted by atomic mass is 16.5. The second kappa shape index (κ2) is 5.89. The lowest BCUT2D eigenvalue weighted by molar-refractivity contribution is 0.167. The fourth-order valence-corrected chi connectivity index (χ4v) is 1.82.